The van der Waals surface area contributed by atoms with E-state index in [-0.39, 0.29) is 6.10 Å². The Hall–Kier alpha value is -0.540. The second-order valence-electron chi connectivity index (χ2n) is 3.55. The Bertz CT molecular complexity index is 157. The fourth-order valence-corrected chi connectivity index (χ4v) is 1.31. The highest BCUT2D eigenvalue weighted by Gasteiger charge is 2.09. The maximum Gasteiger partial charge on any atom is 0.110 e. The highest BCUT2D eigenvalue weighted by Crippen LogP contribution is 2.08. The molecule has 2 atom stereocenters. The number of aliphatic hydroxyl groups excluding tert-OH is 1. The molecule has 0 aromatic carbocycles. The molecule has 1 rings (SSSR count). The first-order chi connectivity index (χ1) is 6.29. The van der Waals surface area contributed by atoms with Gasteiger partial charge in [-0.3, -0.25) is 0 Å². The van der Waals surface area contributed by atoms with Gasteiger partial charge in [-0.05, 0) is 38.8 Å². The summed E-state index contributed by atoms with van der Waals surface area (Å²) in [6, 6.07) is 0. The van der Waals surface area contributed by atoms with Crippen molar-refractivity contribution in [1.29, 1.82) is 0 Å². The standard InChI is InChI=1S/C10H19NO2/c1-9(12)5-6-11-8-10-4-2-3-7-13-10/h3,7,9-12H,2,4-6,8H2,1H3. The van der Waals surface area contributed by atoms with Crippen LogP contribution in [-0.4, -0.2) is 30.4 Å². The molecule has 0 spiro atoms. The Labute approximate surface area is 79.8 Å². The topological polar surface area (TPSA) is 41.5 Å². The van der Waals surface area contributed by atoms with Gasteiger partial charge in [0, 0.05) is 6.54 Å². The first-order valence-electron chi connectivity index (χ1n) is 4.98. The van der Waals surface area contributed by atoms with Crippen LogP contribution < -0.4 is 5.32 Å². The third-order valence-electron chi connectivity index (χ3n) is 2.13. The normalized spacial score (nSPS) is 24.0. The van der Waals surface area contributed by atoms with E-state index >= 15 is 0 Å². The Balaban J connectivity index is 1.96. The molecule has 0 radical (unpaired) electrons. The Morgan fingerprint density at radius 3 is 3.15 bits per heavy atom. The molecule has 0 saturated heterocycles. The van der Waals surface area contributed by atoms with Crippen molar-refractivity contribution in [2.75, 3.05) is 13.1 Å². The fraction of sp³-hybridized carbons (Fsp3) is 0.800. The maximum atomic E-state index is 9.01. The molecular weight excluding hydrogens is 166 g/mol. The lowest BCUT2D eigenvalue weighted by Crippen LogP contribution is -2.30. The van der Waals surface area contributed by atoms with Crippen LogP contribution in [-0.2, 0) is 4.74 Å². The van der Waals surface area contributed by atoms with Crippen LogP contribution in [0.5, 0.6) is 0 Å². The molecule has 2 unspecified atom stereocenters. The minimum atomic E-state index is -0.209. The average molecular weight is 185 g/mol. The second-order valence-corrected chi connectivity index (χ2v) is 3.55. The molecular formula is C10H19NO2. The summed E-state index contributed by atoms with van der Waals surface area (Å²) in [4.78, 5) is 0. The Morgan fingerprint density at radius 1 is 1.69 bits per heavy atom. The zero-order valence-electron chi connectivity index (χ0n) is 8.20. The van der Waals surface area contributed by atoms with Crippen LogP contribution in [0.15, 0.2) is 12.3 Å². The molecule has 0 amide bonds. The molecule has 1 aliphatic heterocycles. The van der Waals surface area contributed by atoms with E-state index in [1.54, 1.807) is 6.26 Å². The Kier molecular flexibility index (Phi) is 4.86. The van der Waals surface area contributed by atoms with Crippen molar-refractivity contribution in [3.8, 4) is 0 Å². The molecule has 1 aliphatic rings. The zero-order chi connectivity index (χ0) is 9.52. The van der Waals surface area contributed by atoms with Crippen molar-refractivity contribution >= 4 is 0 Å². The van der Waals surface area contributed by atoms with Crippen LogP contribution in [0, 0.1) is 0 Å². The third kappa shape index (κ3) is 4.90. The van der Waals surface area contributed by atoms with Crippen molar-refractivity contribution in [1.82, 2.24) is 5.32 Å². The van der Waals surface area contributed by atoms with E-state index in [1.165, 1.54) is 0 Å². The molecule has 3 nitrogen and oxygen atoms in total. The highest BCUT2D eigenvalue weighted by atomic mass is 16.5. The zero-order valence-corrected chi connectivity index (χ0v) is 8.20. The summed E-state index contributed by atoms with van der Waals surface area (Å²) in [5.41, 5.74) is 0. The van der Waals surface area contributed by atoms with Crippen LogP contribution in [0.25, 0.3) is 0 Å². The quantitative estimate of drug-likeness (QED) is 0.629. The lowest BCUT2D eigenvalue weighted by molar-refractivity contribution is 0.120. The monoisotopic (exact) mass is 185 g/mol. The van der Waals surface area contributed by atoms with Gasteiger partial charge < -0.3 is 15.2 Å². The van der Waals surface area contributed by atoms with Gasteiger partial charge in [0.05, 0.1) is 12.4 Å². The molecule has 1 heterocycles. The highest BCUT2D eigenvalue weighted by molar-refractivity contribution is 4.82. The largest absolute Gasteiger partial charge is 0.497 e. The molecule has 0 bridgehead atoms. The number of ether oxygens (including phenoxy) is 1. The molecule has 3 heteroatoms. The van der Waals surface area contributed by atoms with Crippen LogP contribution in [0.3, 0.4) is 0 Å². The van der Waals surface area contributed by atoms with Gasteiger partial charge in [0.15, 0.2) is 0 Å². The molecule has 0 aromatic heterocycles. The predicted molar refractivity (Wildman–Crippen MR) is 52.4 cm³/mol. The number of allylic oxidation sites excluding steroid dienone is 1. The van der Waals surface area contributed by atoms with Gasteiger partial charge in [-0.1, -0.05) is 0 Å². The van der Waals surface area contributed by atoms with Gasteiger partial charge in [0.25, 0.3) is 0 Å². The summed E-state index contributed by atoms with van der Waals surface area (Å²) in [7, 11) is 0. The van der Waals surface area contributed by atoms with Crippen molar-refractivity contribution in [3.05, 3.63) is 12.3 Å². The van der Waals surface area contributed by atoms with Gasteiger partial charge in [0.2, 0.25) is 0 Å². The van der Waals surface area contributed by atoms with Gasteiger partial charge in [0.1, 0.15) is 6.10 Å². The van der Waals surface area contributed by atoms with Crippen LogP contribution in [0.1, 0.15) is 26.2 Å². The van der Waals surface area contributed by atoms with E-state index in [2.05, 4.69) is 5.32 Å². The van der Waals surface area contributed by atoms with Crippen LogP contribution in [0.4, 0.5) is 0 Å². The number of nitrogens with one attached hydrogen (secondary N) is 1. The molecule has 2 N–H and O–H groups in total. The number of hydrogen-bond acceptors (Lipinski definition) is 3. The Morgan fingerprint density at radius 2 is 2.54 bits per heavy atom. The minimum Gasteiger partial charge on any atom is -0.497 e. The van der Waals surface area contributed by atoms with Crippen molar-refractivity contribution < 1.29 is 9.84 Å². The van der Waals surface area contributed by atoms with E-state index < -0.39 is 0 Å². The summed E-state index contributed by atoms with van der Waals surface area (Å²) in [5, 5.41) is 12.3. The summed E-state index contributed by atoms with van der Waals surface area (Å²) in [6.45, 7) is 3.56. The van der Waals surface area contributed by atoms with E-state index in [9.17, 15) is 0 Å². The first-order valence-corrected chi connectivity index (χ1v) is 4.98. The van der Waals surface area contributed by atoms with E-state index in [1.807, 2.05) is 13.0 Å². The molecule has 13 heavy (non-hydrogen) atoms. The molecule has 0 aromatic rings. The van der Waals surface area contributed by atoms with Crippen LogP contribution >= 0.6 is 0 Å². The minimum absolute atomic E-state index is 0.209. The van der Waals surface area contributed by atoms with E-state index in [4.69, 9.17) is 9.84 Å². The summed E-state index contributed by atoms with van der Waals surface area (Å²) in [6.07, 6.45) is 6.96. The number of hydrogen-bond donors (Lipinski definition) is 2. The number of rotatable bonds is 5. The summed E-state index contributed by atoms with van der Waals surface area (Å²) >= 11 is 0. The van der Waals surface area contributed by atoms with E-state index in [0.29, 0.717) is 6.10 Å². The molecule has 0 saturated carbocycles. The first kappa shape index (κ1) is 10.5. The molecule has 0 aliphatic carbocycles. The van der Waals surface area contributed by atoms with Gasteiger partial charge in [-0.2, -0.15) is 0 Å². The third-order valence-corrected chi connectivity index (χ3v) is 2.13. The van der Waals surface area contributed by atoms with Crippen molar-refractivity contribution in [3.63, 3.8) is 0 Å². The fourth-order valence-electron chi connectivity index (χ4n) is 1.31. The number of aliphatic hydroxyl groups is 1. The van der Waals surface area contributed by atoms with Gasteiger partial charge in [-0.25, -0.2) is 0 Å². The lowest BCUT2D eigenvalue weighted by atomic mass is 10.1. The second kappa shape index (κ2) is 6.00. The SMILES string of the molecule is CC(O)CCNCC1CCC=CO1. The summed E-state index contributed by atoms with van der Waals surface area (Å²) in [5.74, 6) is 0. The lowest BCUT2D eigenvalue weighted by Gasteiger charge is -2.19. The van der Waals surface area contributed by atoms with Gasteiger partial charge in [-0.15, -0.1) is 0 Å². The molecule has 0 fully saturated rings. The van der Waals surface area contributed by atoms with Gasteiger partial charge >= 0.3 is 0 Å². The maximum absolute atomic E-state index is 9.01. The van der Waals surface area contributed by atoms with Crippen LogP contribution in [0.2, 0.25) is 0 Å². The van der Waals surface area contributed by atoms with Crippen molar-refractivity contribution in [2.24, 2.45) is 0 Å². The predicted octanol–water partition coefficient (Wildman–Crippen LogP) is 1.04. The molecule has 76 valence electrons. The van der Waals surface area contributed by atoms with E-state index in [0.717, 1.165) is 32.4 Å². The smallest absolute Gasteiger partial charge is 0.110 e. The van der Waals surface area contributed by atoms with Crippen molar-refractivity contribution in [2.45, 2.75) is 38.4 Å². The summed E-state index contributed by atoms with van der Waals surface area (Å²) < 4.78 is 5.38. The average Bonchev–Trinajstić information content (AvgIpc) is 2.14.